The van der Waals surface area contributed by atoms with E-state index in [1.54, 1.807) is 0 Å². The summed E-state index contributed by atoms with van der Waals surface area (Å²) in [6.07, 6.45) is 16.8. The molecule has 0 spiro atoms. The van der Waals surface area contributed by atoms with Gasteiger partial charge in [0.05, 0.1) is 6.61 Å². The smallest absolute Gasteiger partial charge is 0.119 e. The number of hydrogen-bond donors (Lipinski definition) is 0. The zero-order chi connectivity index (χ0) is 22.4. The Hall–Kier alpha value is -2.46. The van der Waals surface area contributed by atoms with E-state index in [0.717, 1.165) is 30.3 Å². The molecule has 1 saturated carbocycles. The summed E-state index contributed by atoms with van der Waals surface area (Å²) in [5.41, 5.74) is 4.06. The predicted octanol–water partition coefficient (Wildman–Crippen LogP) is 8.48. The summed E-state index contributed by atoms with van der Waals surface area (Å²) >= 11 is 0. The summed E-state index contributed by atoms with van der Waals surface area (Å²) in [6.45, 7) is 5.27. The molecule has 32 heavy (non-hydrogen) atoms. The summed E-state index contributed by atoms with van der Waals surface area (Å²) in [5.74, 6) is 8.81. The van der Waals surface area contributed by atoms with Gasteiger partial charge < -0.3 is 4.74 Å². The van der Waals surface area contributed by atoms with E-state index >= 15 is 0 Å². The van der Waals surface area contributed by atoms with Crippen molar-refractivity contribution in [3.05, 3.63) is 77.4 Å². The largest absolute Gasteiger partial charge is 0.494 e. The van der Waals surface area contributed by atoms with Crippen LogP contribution in [0.4, 0.5) is 0 Å². The molecule has 170 valence electrons. The maximum absolute atomic E-state index is 5.77. The third-order valence-corrected chi connectivity index (χ3v) is 6.58. The van der Waals surface area contributed by atoms with Crippen molar-refractivity contribution < 1.29 is 4.74 Å². The topological polar surface area (TPSA) is 9.23 Å². The molecule has 0 radical (unpaired) electrons. The first-order valence-corrected chi connectivity index (χ1v) is 12.8. The molecule has 0 amide bonds. The minimum atomic E-state index is 0.670. The SMILES string of the molecule is CCCCCOc1ccc(C#CC=C[C@H]2CC[C@H](c3ccc(CCCC)cc3)CC2)cc1. The van der Waals surface area contributed by atoms with E-state index in [9.17, 15) is 0 Å². The minimum absolute atomic E-state index is 0.670. The third kappa shape index (κ3) is 8.23. The van der Waals surface area contributed by atoms with E-state index in [4.69, 9.17) is 4.74 Å². The number of rotatable bonds is 10. The van der Waals surface area contributed by atoms with Crippen molar-refractivity contribution in [1.29, 1.82) is 0 Å². The molecule has 0 aliphatic heterocycles. The lowest BCUT2D eigenvalue weighted by Gasteiger charge is -2.27. The zero-order valence-corrected chi connectivity index (χ0v) is 20.1. The highest BCUT2D eigenvalue weighted by molar-refractivity contribution is 5.40. The molecule has 1 heteroatoms. The van der Waals surface area contributed by atoms with Crippen LogP contribution in [0.5, 0.6) is 5.75 Å². The van der Waals surface area contributed by atoms with Gasteiger partial charge in [0, 0.05) is 5.56 Å². The monoisotopic (exact) mass is 428 g/mol. The molecule has 0 N–H and O–H groups in total. The fourth-order valence-corrected chi connectivity index (χ4v) is 4.47. The normalized spacial score (nSPS) is 18.3. The molecule has 0 unspecified atom stereocenters. The zero-order valence-electron chi connectivity index (χ0n) is 20.1. The second-order valence-electron chi connectivity index (χ2n) is 9.17. The van der Waals surface area contributed by atoms with Crippen LogP contribution in [-0.4, -0.2) is 6.61 Å². The molecule has 1 nitrogen and oxygen atoms in total. The highest BCUT2D eigenvalue weighted by Gasteiger charge is 2.20. The van der Waals surface area contributed by atoms with Crippen molar-refractivity contribution in [1.82, 2.24) is 0 Å². The number of benzene rings is 2. The second-order valence-corrected chi connectivity index (χ2v) is 9.17. The highest BCUT2D eigenvalue weighted by Crippen LogP contribution is 2.36. The van der Waals surface area contributed by atoms with Gasteiger partial charge in [0.15, 0.2) is 0 Å². The van der Waals surface area contributed by atoms with Crippen LogP contribution < -0.4 is 4.74 Å². The fourth-order valence-electron chi connectivity index (χ4n) is 4.47. The number of hydrogen-bond acceptors (Lipinski definition) is 1. The Morgan fingerprint density at radius 1 is 0.844 bits per heavy atom. The van der Waals surface area contributed by atoms with Crippen LogP contribution in [0.15, 0.2) is 60.7 Å². The maximum atomic E-state index is 5.77. The van der Waals surface area contributed by atoms with Crippen molar-refractivity contribution in [3.63, 3.8) is 0 Å². The number of ether oxygens (including phenoxy) is 1. The van der Waals surface area contributed by atoms with Gasteiger partial charge in [0.2, 0.25) is 0 Å². The molecule has 0 atom stereocenters. The first-order valence-electron chi connectivity index (χ1n) is 12.8. The summed E-state index contributed by atoms with van der Waals surface area (Å²) in [6, 6.07) is 17.6. The Labute approximate surface area is 196 Å². The fraction of sp³-hybridized carbons (Fsp3) is 0.484. The second kappa shape index (κ2) is 13.8. The lowest BCUT2D eigenvalue weighted by atomic mass is 9.78. The average molecular weight is 429 g/mol. The first-order chi connectivity index (χ1) is 15.8. The van der Waals surface area contributed by atoms with Gasteiger partial charge in [-0.2, -0.15) is 0 Å². The number of aryl methyl sites for hydroxylation is 1. The van der Waals surface area contributed by atoms with E-state index in [1.165, 1.54) is 68.9 Å². The van der Waals surface area contributed by atoms with E-state index in [2.05, 4.69) is 74.2 Å². The Balaban J connectivity index is 1.40. The number of allylic oxidation sites excluding steroid dienone is 2. The summed E-state index contributed by atoms with van der Waals surface area (Å²) in [5, 5.41) is 0. The summed E-state index contributed by atoms with van der Waals surface area (Å²) < 4.78 is 5.77. The van der Waals surface area contributed by atoms with Crippen molar-refractivity contribution in [3.8, 4) is 17.6 Å². The molecule has 1 aliphatic rings. The molecule has 2 aromatic rings. The van der Waals surface area contributed by atoms with Crippen LogP contribution in [0, 0.1) is 17.8 Å². The maximum Gasteiger partial charge on any atom is 0.119 e. The van der Waals surface area contributed by atoms with Crippen LogP contribution in [0.25, 0.3) is 0 Å². The van der Waals surface area contributed by atoms with Gasteiger partial charge in [-0.05, 0) is 98.2 Å². The van der Waals surface area contributed by atoms with Gasteiger partial charge >= 0.3 is 0 Å². The van der Waals surface area contributed by atoms with Gasteiger partial charge in [0.25, 0.3) is 0 Å². The average Bonchev–Trinajstić information content (AvgIpc) is 2.85. The first kappa shape index (κ1) is 24.2. The molecule has 0 saturated heterocycles. The van der Waals surface area contributed by atoms with Crippen LogP contribution in [0.2, 0.25) is 0 Å². The quantitative estimate of drug-likeness (QED) is 0.272. The molecule has 1 fully saturated rings. The molecule has 0 bridgehead atoms. The van der Waals surface area contributed by atoms with E-state index < -0.39 is 0 Å². The Morgan fingerprint density at radius 3 is 2.25 bits per heavy atom. The summed E-state index contributed by atoms with van der Waals surface area (Å²) in [4.78, 5) is 0. The van der Waals surface area contributed by atoms with Crippen LogP contribution in [0.1, 0.15) is 94.2 Å². The molecular weight excluding hydrogens is 388 g/mol. The van der Waals surface area contributed by atoms with E-state index in [0.29, 0.717) is 5.92 Å². The van der Waals surface area contributed by atoms with Gasteiger partial charge in [0.1, 0.15) is 5.75 Å². The lowest BCUT2D eigenvalue weighted by Crippen LogP contribution is -2.11. The standard InChI is InChI=1S/C31H40O/c1-3-5-9-25-32-31-23-17-28(18-24-31)12-8-7-11-27-15-21-30(22-16-27)29-19-13-26(14-20-29)10-6-4-2/h7,11,13-14,17-20,23-24,27,30H,3-6,9-10,15-16,21-22,25H2,1-2H3/t27-,30-. The Kier molecular flexibility index (Phi) is 10.5. The van der Waals surface area contributed by atoms with Crippen molar-refractivity contribution in [2.24, 2.45) is 5.92 Å². The number of unbranched alkanes of at least 4 members (excludes halogenated alkanes) is 3. The van der Waals surface area contributed by atoms with Crippen molar-refractivity contribution in [2.45, 2.75) is 84.0 Å². The Bertz CT molecular complexity index is 855. The van der Waals surface area contributed by atoms with Crippen molar-refractivity contribution >= 4 is 0 Å². The highest BCUT2D eigenvalue weighted by atomic mass is 16.5. The lowest BCUT2D eigenvalue weighted by molar-refractivity contribution is 0.306. The Morgan fingerprint density at radius 2 is 1.56 bits per heavy atom. The molecule has 2 aromatic carbocycles. The summed E-state index contributed by atoms with van der Waals surface area (Å²) in [7, 11) is 0. The predicted molar refractivity (Wildman–Crippen MR) is 137 cm³/mol. The van der Waals surface area contributed by atoms with Gasteiger partial charge in [-0.1, -0.05) is 75.3 Å². The van der Waals surface area contributed by atoms with Gasteiger partial charge in [-0.15, -0.1) is 0 Å². The molecule has 0 heterocycles. The third-order valence-electron chi connectivity index (χ3n) is 6.58. The molecule has 3 rings (SSSR count). The molecule has 0 aromatic heterocycles. The van der Waals surface area contributed by atoms with Gasteiger partial charge in [-0.25, -0.2) is 0 Å². The van der Waals surface area contributed by atoms with Crippen LogP contribution >= 0.6 is 0 Å². The van der Waals surface area contributed by atoms with E-state index in [-0.39, 0.29) is 0 Å². The van der Waals surface area contributed by atoms with Crippen molar-refractivity contribution in [2.75, 3.05) is 6.61 Å². The minimum Gasteiger partial charge on any atom is -0.494 e. The van der Waals surface area contributed by atoms with Crippen LogP contribution in [-0.2, 0) is 6.42 Å². The van der Waals surface area contributed by atoms with E-state index in [1.807, 2.05) is 12.1 Å². The van der Waals surface area contributed by atoms with Crippen LogP contribution in [0.3, 0.4) is 0 Å². The molecule has 1 aliphatic carbocycles. The molecular formula is C31H40O. The van der Waals surface area contributed by atoms with Gasteiger partial charge in [-0.3, -0.25) is 0 Å².